The van der Waals surface area contributed by atoms with E-state index in [1.807, 2.05) is 0 Å². The van der Waals surface area contributed by atoms with Gasteiger partial charge >= 0.3 is 11.9 Å². The lowest BCUT2D eigenvalue weighted by molar-refractivity contribution is -0.137. The number of hydrogen-bond donors (Lipinski definition) is 2. The molecule has 0 aliphatic carbocycles. The molecule has 18 heavy (non-hydrogen) atoms. The van der Waals surface area contributed by atoms with Crippen molar-refractivity contribution in [2.45, 2.75) is 12.8 Å². The Hall–Kier alpha value is -2.12. The zero-order valence-corrected chi connectivity index (χ0v) is 8.64. The number of rotatable bonds is 4. The molecule has 0 aliphatic rings. The van der Waals surface area contributed by atoms with Crippen LogP contribution in [0.5, 0.6) is 0 Å². The van der Waals surface area contributed by atoms with Gasteiger partial charge in [-0.15, -0.1) is 0 Å². The molecule has 0 aliphatic heterocycles. The molecule has 0 bridgehead atoms. The lowest BCUT2D eigenvalue weighted by atomic mass is 10.0. The van der Waals surface area contributed by atoms with Crippen LogP contribution in [-0.2, 0) is 22.4 Å². The number of aliphatic carboxylic acids is 2. The Labute approximate surface area is 97.5 Å². The summed E-state index contributed by atoms with van der Waals surface area (Å²) in [5, 5.41) is 16.7. The Morgan fingerprint density at radius 2 is 0.944 bits per heavy atom. The number of benzene rings is 1. The van der Waals surface area contributed by atoms with Crippen molar-refractivity contribution in [3.63, 3.8) is 0 Å². The molecule has 0 atom stereocenters. The molecular formula is C10H6F4O4. The Bertz CT molecular complexity index is 451. The first-order valence-electron chi connectivity index (χ1n) is 4.53. The molecule has 1 aromatic rings. The molecule has 0 saturated heterocycles. The minimum atomic E-state index is -1.90. The van der Waals surface area contributed by atoms with Crippen LogP contribution in [0.3, 0.4) is 0 Å². The lowest BCUT2D eigenvalue weighted by Gasteiger charge is -2.09. The van der Waals surface area contributed by atoms with Gasteiger partial charge in [-0.1, -0.05) is 0 Å². The van der Waals surface area contributed by atoms with Crippen molar-refractivity contribution >= 4 is 11.9 Å². The Kier molecular flexibility index (Phi) is 3.89. The van der Waals surface area contributed by atoms with Crippen molar-refractivity contribution in [1.29, 1.82) is 0 Å². The van der Waals surface area contributed by atoms with Gasteiger partial charge in [-0.2, -0.15) is 0 Å². The summed E-state index contributed by atoms with van der Waals surface area (Å²) in [6.07, 6.45) is -2.50. The predicted molar refractivity (Wildman–Crippen MR) is 49.0 cm³/mol. The minimum absolute atomic E-state index is 1.25. The zero-order chi connectivity index (χ0) is 14.0. The van der Waals surface area contributed by atoms with Crippen molar-refractivity contribution in [1.82, 2.24) is 0 Å². The second kappa shape index (κ2) is 5.03. The van der Waals surface area contributed by atoms with E-state index in [4.69, 9.17) is 10.2 Å². The molecule has 4 nitrogen and oxygen atoms in total. The second-order valence-electron chi connectivity index (χ2n) is 3.35. The summed E-state index contributed by atoms with van der Waals surface area (Å²) in [4.78, 5) is 20.6. The van der Waals surface area contributed by atoms with Crippen molar-refractivity contribution < 1.29 is 37.4 Å². The normalized spacial score (nSPS) is 10.4. The van der Waals surface area contributed by atoms with Crippen LogP contribution in [0, 0.1) is 23.3 Å². The fourth-order valence-electron chi connectivity index (χ4n) is 1.34. The number of carboxylic acid groups (broad SMARTS) is 2. The highest BCUT2D eigenvalue weighted by atomic mass is 19.2. The topological polar surface area (TPSA) is 74.6 Å². The van der Waals surface area contributed by atoms with E-state index in [1.165, 1.54) is 0 Å². The van der Waals surface area contributed by atoms with E-state index in [0.717, 1.165) is 0 Å². The molecule has 0 aromatic heterocycles. The standard InChI is InChI=1S/C10H6F4O4/c11-7-3(1-5(15)16)8(12)10(14)4(9(7)13)2-6(17)18/h1-2H2,(H,15,16)(H,17,18). The van der Waals surface area contributed by atoms with Crippen LogP contribution >= 0.6 is 0 Å². The first-order chi connectivity index (χ1) is 8.25. The summed E-state index contributed by atoms with van der Waals surface area (Å²) in [5.74, 6) is -10.9. The minimum Gasteiger partial charge on any atom is -0.481 e. The molecule has 98 valence electrons. The molecule has 2 N–H and O–H groups in total. The van der Waals surface area contributed by atoms with Crippen LogP contribution in [0.1, 0.15) is 11.1 Å². The van der Waals surface area contributed by atoms with Crippen LogP contribution in [-0.4, -0.2) is 22.2 Å². The maximum atomic E-state index is 13.3. The molecule has 0 spiro atoms. The van der Waals surface area contributed by atoms with Gasteiger partial charge in [0, 0.05) is 11.1 Å². The Morgan fingerprint density at radius 3 is 1.11 bits per heavy atom. The van der Waals surface area contributed by atoms with E-state index < -0.39 is 59.2 Å². The molecule has 0 unspecified atom stereocenters. The first-order valence-corrected chi connectivity index (χ1v) is 4.53. The van der Waals surface area contributed by atoms with Crippen molar-refractivity contribution in [3.05, 3.63) is 34.4 Å². The van der Waals surface area contributed by atoms with Gasteiger partial charge in [-0.25, -0.2) is 17.6 Å². The van der Waals surface area contributed by atoms with Gasteiger partial charge < -0.3 is 10.2 Å². The highest BCUT2D eigenvalue weighted by Gasteiger charge is 2.27. The van der Waals surface area contributed by atoms with Crippen molar-refractivity contribution in [2.75, 3.05) is 0 Å². The molecule has 1 aromatic carbocycles. The van der Waals surface area contributed by atoms with Crippen LogP contribution in [0.25, 0.3) is 0 Å². The highest BCUT2D eigenvalue weighted by molar-refractivity contribution is 5.72. The molecule has 0 saturated carbocycles. The molecule has 0 fully saturated rings. The van der Waals surface area contributed by atoms with Crippen LogP contribution in [0.15, 0.2) is 0 Å². The van der Waals surface area contributed by atoms with Crippen molar-refractivity contribution in [3.8, 4) is 0 Å². The maximum absolute atomic E-state index is 13.3. The third-order valence-corrected chi connectivity index (χ3v) is 2.10. The molecule has 0 radical (unpaired) electrons. The van der Waals surface area contributed by atoms with E-state index >= 15 is 0 Å². The van der Waals surface area contributed by atoms with Crippen LogP contribution < -0.4 is 0 Å². The van der Waals surface area contributed by atoms with E-state index in [9.17, 15) is 27.2 Å². The maximum Gasteiger partial charge on any atom is 0.308 e. The van der Waals surface area contributed by atoms with Gasteiger partial charge in [-0.3, -0.25) is 9.59 Å². The average Bonchev–Trinajstić information content (AvgIpc) is 2.27. The van der Waals surface area contributed by atoms with Gasteiger partial charge in [-0.05, 0) is 0 Å². The second-order valence-corrected chi connectivity index (χ2v) is 3.35. The van der Waals surface area contributed by atoms with E-state index in [0.29, 0.717) is 0 Å². The summed E-state index contributed by atoms with van der Waals surface area (Å²) in [6, 6.07) is 0. The zero-order valence-electron chi connectivity index (χ0n) is 8.64. The third-order valence-electron chi connectivity index (χ3n) is 2.10. The molecule has 8 heteroatoms. The van der Waals surface area contributed by atoms with Crippen LogP contribution in [0.2, 0.25) is 0 Å². The smallest absolute Gasteiger partial charge is 0.308 e. The summed E-state index contributed by atoms with van der Waals surface area (Å²) in [6.45, 7) is 0. The summed E-state index contributed by atoms with van der Waals surface area (Å²) < 4.78 is 53.1. The monoisotopic (exact) mass is 266 g/mol. The summed E-state index contributed by atoms with van der Waals surface area (Å²) >= 11 is 0. The number of halogens is 4. The Morgan fingerprint density at radius 1 is 0.722 bits per heavy atom. The average molecular weight is 266 g/mol. The molecule has 0 amide bonds. The Balaban J connectivity index is 3.44. The largest absolute Gasteiger partial charge is 0.481 e. The van der Waals surface area contributed by atoms with Crippen molar-refractivity contribution in [2.24, 2.45) is 0 Å². The molecular weight excluding hydrogens is 260 g/mol. The molecule has 0 heterocycles. The quantitative estimate of drug-likeness (QED) is 0.639. The van der Waals surface area contributed by atoms with Crippen LogP contribution in [0.4, 0.5) is 17.6 Å². The summed E-state index contributed by atoms with van der Waals surface area (Å²) in [7, 11) is 0. The highest BCUT2D eigenvalue weighted by Crippen LogP contribution is 2.25. The number of carboxylic acids is 2. The fourth-order valence-corrected chi connectivity index (χ4v) is 1.34. The molecule has 1 rings (SSSR count). The first kappa shape index (κ1) is 13.9. The number of hydrogen-bond acceptors (Lipinski definition) is 2. The van der Waals surface area contributed by atoms with E-state index in [-0.39, 0.29) is 0 Å². The van der Waals surface area contributed by atoms with Gasteiger partial charge in [0.15, 0.2) is 23.3 Å². The van der Waals surface area contributed by atoms with Gasteiger partial charge in [0.2, 0.25) is 0 Å². The fraction of sp³-hybridized carbons (Fsp3) is 0.200. The van der Waals surface area contributed by atoms with E-state index in [2.05, 4.69) is 0 Å². The summed E-state index contributed by atoms with van der Waals surface area (Å²) in [5.41, 5.74) is -2.57. The third kappa shape index (κ3) is 2.58. The lowest BCUT2D eigenvalue weighted by Crippen LogP contribution is -2.14. The SMILES string of the molecule is O=C(O)Cc1c(F)c(F)c(CC(=O)O)c(F)c1F. The van der Waals surface area contributed by atoms with Gasteiger partial charge in [0.25, 0.3) is 0 Å². The van der Waals surface area contributed by atoms with Gasteiger partial charge in [0.05, 0.1) is 12.8 Å². The van der Waals surface area contributed by atoms with E-state index in [1.54, 1.807) is 0 Å². The number of carbonyl (C=O) groups is 2. The predicted octanol–water partition coefficient (Wildman–Crippen LogP) is 1.50. The van der Waals surface area contributed by atoms with Gasteiger partial charge in [0.1, 0.15) is 0 Å².